The normalized spacial score (nSPS) is 15.0. The van der Waals surface area contributed by atoms with E-state index in [1.54, 1.807) is 16.7 Å². The van der Waals surface area contributed by atoms with Crippen molar-refractivity contribution in [1.82, 2.24) is 14.8 Å². The number of nitrogens with one attached hydrogen (secondary N) is 1. The number of amides is 1. The molecule has 1 aromatic carbocycles. The SMILES string of the molecule is COC(=O)c1c(NC(=O)CSc2nnc(COc3ccccc3Cl)n2C)sc2c1CCC(C)C2. The van der Waals surface area contributed by atoms with Gasteiger partial charge in [-0.25, -0.2) is 4.79 Å². The Morgan fingerprint density at radius 1 is 1.32 bits per heavy atom. The fourth-order valence-corrected chi connectivity index (χ4v) is 6.09. The van der Waals surface area contributed by atoms with E-state index < -0.39 is 5.97 Å². The number of rotatable bonds is 8. The van der Waals surface area contributed by atoms with Gasteiger partial charge in [-0.3, -0.25) is 4.79 Å². The van der Waals surface area contributed by atoms with Gasteiger partial charge in [0.25, 0.3) is 0 Å². The molecule has 1 unspecified atom stereocenters. The van der Waals surface area contributed by atoms with Gasteiger partial charge in [0.1, 0.15) is 17.4 Å². The van der Waals surface area contributed by atoms with Gasteiger partial charge < -0.3 is 19.4 Å². The highest BCUT2D eigenvalue weighted by Crippen LogP contribution is 2.40. The zero-order chi connectivity index (χ0) is 24.2. The summed E-state index contributed by atoms with van der Waals surface area (Å²) in [5, 5.41) is 12.9. The van der Waals surface area contributed by atoms with Gasteiger partial charge in [-0.2, -0.15) is 0 Å². The number of benzene rings is 1. The van der Waals surface area contributed by atoms with E-state index in [2.05, 4.69) is 22.4 Å². The molecule has 0 saturated heterocycles. The number of carbonyl (C=O) groups excluding carboxylic acids is 2. The van der Waals surface area contributed by atoms with Gasteiger partial charge in [-0.15, -0.1) is 21.5 Å². The van der Waals surface area contributed by atoms with Crippen molar-refractivity contribution in [3.8, 4) is 5.75 Å². The highest BCUT2D eigenvalue weighted by molar-refractivity contribution is 7.99. The number of aromatic nitrogens is 3. The number of thioether (sulfide) groups is 1. The molecule has 2 heterocycles. The van der Waals surface area contributed by atoms with E-state index in [4.69, 9.17) is 21.1 Å². The molecule has 2 aromatic heterocycles. The van der Waals surface area contributed by atoms with Crippen LogP contribution in [0.5, 0.6) is 5.75 Å². The van der Waals surface area contributed by atoms with Crippen molar-refractivity contribution in [2.24, 2.45) is 13.0 Å². The van der Waals surface area contributed by atoms with E-state index in [-0.39, 0.29) is 18.3 Å². The van der Waals surface area contributed by atoms with Crippen molar-refractivity contribution in [1.29, 1.82) is 0 Å². The number of esters is 1. The number of thiophene rings is 1. The first-order chi connectivity index (χ1) is 16.4. The summed E-state index contributed by atoms with van der Waals surface area (Å²) in [6.07, 6.45) is 2.75. The van der Waals surface area contributed by atoms with Crippen LogP contribution in [0.4, 0.5) is 5.00 Å². The first kappa shape index (κ1) is 24.6. The lowest BCUT2D eigenvalue weighted by Gasteiger charge is -2.18. The Morgan fingerprint density at radius 2 is 2.12 bits per heavy atom. The number of hydrogen-bond donors (Lipinski definition) is 1. The largest absolute Gasteiger partial charge is 0.484 e. The molecule has 3 aromatic rings. The summed E-state index contributed by atoms with van der Waals surface area (Å²) in [5.74, 6) is 1.22. The predicted octanol–water partition coefficient (Wildman–Crippen LogP) is 4.75. The van der Waals surface area contributed by atoms with Crippen LogP contribution in [0.3, 0.4) is 0 Å². The number of nitrogens with zero attached hydrogens (tertiary/aromatic N) is 3. The average Bonchev–Trinajstić information content (AvgIpc) is 3.35. The van der Waals surface area contributed by atoms with E-state index in [9.17, 15) is 9.59 Å². The Morgan fingerprint density at radius 3 is 2.88 bits per heavy atom. The summed E-state index contributed by atoms with van der Waals surface area (Å²) in [5.41, 5.74) is 1.50. The fraction of sp³-hybridized carbons (Fsp3) is 0.391. The Kier molecular flexibility index (Phi) is 7.80. The molecule has 1 aliphatic carbocycles. The summed E-state index contributed by atoms with van der Waals surface area (Å²) in [6.45, 7) is 2.39. The molecule has 4 rings (SSSR count). The molecule has 34 heavy (non-hydrogen) atoms. The monoisotopic (exact) mass is 520 g/mol. The Bertz CT molecular complexity index is 1210. The number of anilines is 1. The van der Waals surface area contributed by atoms with E-state index in [1.165, 1.54) is 30.2 Å². The predicted molar refractivity (Wildman–Crippen MR) is 133 cm³/mol. The topological polar surface area (TPSA) is 95.3 Å². The summed E-state index contributed by atoms with van der Waals surface area (Å²) in [6, 6.07) is 7.21. The Labute approximate surface area is 211 Å². The molecule has 0 bridgehead atoms. The smallest absolute Gasteiger partial charge is 0.341 e. The summed E-state index contributed by atoms with van der Waals surface area (Å²) in [7, 11) is 3.18. The van der Waals surface area contributed by atoms with E-state index in [1.807, 2.05) is 19.2 Å². The molecule has 0 radical (unpaired) electrons. The number of halogens is 1. The number of carbonyl (C=O) groups is 2. The van der Waals surface area contributed by atoms with E-state index in [0.29, 0.717) is 38.2 Å². The van der Waals surface area contributed by atoms with E-state index >= 15 is 0 Å². The molecule has 180 valence electrons. The van der Waals surface area contributed by atoms with Crippen LogP contribution in [-0.4, -0.2) is 39.5 Å². The highest BCUT2D eigenvalue weighted by atomic mass is 35.5. The lowest BCUT2D eigenvalue weighted by molar-refractivity contribution is -0.113. The van der Waals surface area contributed by atoms with Crippen molar-refractivity contribution < 1.29 is 19.1 Å². The highest BCUT2D eigenvalue weighted by Gasteiger charge is 2.29. The molecule has 1 aliphatic rings. The lowest BCUT2D eigenvalue weighted by atomic mass is 9.88. The molecule has 0 fully saturated rings. The Balaban J connectivity index is 1.38. The lowest BCUT2D eigenvalue weighted by Crippen LogP contribution is -2.17. The molecule has 1 amide bonds. The van der Waals surface area contributed by atoms with Gasteiger partial charge >= 0.3 is 5.97 Å². The van der Waals surface area contributed by atoms with Gasteiger partial charge in [0.05, 0.1) is 23.4 Å². The second-order valence-corrected chi connectivity index (χ2v) is 10.5. The van der Waals surface area contributed by atoms with Crippen LogP contribution in [0.2, 0.25) is 5.02 Å². The first-order valence-corrected chi connectivity index (χ1v) is 13.0. The molecular weight excluding hydrogens is 496 g/mol. The second kappa shape index (κ2) is 10.8. The van der Waals surface area contributed by atoms with Crippen LogP contribution in [-0.2, 0) is 36.0 Å². The number of methoxy groups -OCH3 is 1. The van der Waals surface area contributed by atoms with Gasteiger partial charge in [0.2, 0.25) is 5.91 Å². The third-order valence-electron chi connectivity index (χ3n) is 5.61. The second-order valence-electron chi connectivity index (χ2n) is 8.06. The minimum Gasteiger partial charge on any atom is -0.484 e. The minimum atomic E-state index is -0.411. The number of hydrogen-bond acceptors (Lipinski definition) is 8. The molecule has 0 saturated carbocycles. The average molecular weight is 521 g/mol. The van der Waals surface area contributed by atoms with Gasteiger partial charge in [0.15, 0.2) is 11.0 Å². The maximum absolute atomic E-state index is 12.7. The van der Waals surface area contributed by atoms with Crippen LogP contribution < -0.4 is 10.1 Å². The quantitative estimate of drug-likeness (QED) is 0.338. The first-order valence-electron chi connectivity index (χ1n) is 10.8. The van der Waals surface area contributed by atoms with Crippen LogP contribution in [0.15, 0.2) is 29.4 Å². The summed E-state index contributed by atoms with van der Waals surface area (Å²) in [4.78, 5) is 26.3. The maximum Gasteiger partial charge on any atom is 0.341 e. The molecule has 1 N–H and O–H groups in total. The maximum atomic E-state index is 12.7. The van der Waals surface area contributed by atoms with Crippen molar-refractivity contribution >= 4 is 51.6 Å². The standard InChI is InChI=1S/C23H25ClN4O4S2/c1-13-8-9-14-17(10-13)34-21(20(14)22(30)31-3)25-19(29)12-33-23-27-26-18(28(23)2)11-32-16-7-5-4-6-15(16)24/h4-7,13H,8-12H2,1-3H3,(H,25,29). The number of fused-ring (bicyclic) bond motifs is 1. The number of ether oxygens (including phenoxy) is 2. The van der Waals surface area contributed by atoms with Crippen molar-refractivity contribution in [3.63, 3.8) is 0 Å². The van der Waals surface area contributed by atoms with Gasteiger partial charge in [0, 0.05) is 11.9 Å². The molecule has 8 nitrogen and oxygen atoms in total. The molecule has 0 spiro atoms. The molecule has 0 aliphatic heterocycles. The summed E-state index contributed by atoms with van der Waals surface area (Å²) < 4.78 is 12.5. The van der Waals surface area contributed by atoms with Crippen LogP contribution in [0, 0.1) is 5.92 Å². The van der Waals surface area contributed by atoms with Crippen molar-refractivity contribution in [3.05, 3.63) is 51.1 Å². The molecule has 11 heteroatoms. The van der Waals surface area contributed by atoms with E-state index in [0.717, 1.165) is 29.7 Å². The third-order valence-corrected chi connectivity index (χ3v) is 8.11. The third kappa shape index (κ3) is 5.39. The summed E-state index contributed by atoms with van der Waals surface area (Å²) >= 11 is 8.85. The van der Waals surface area contributed by atoms with Crippen molar-refractivity contribution in [2.45, 2.75) is 37.9 Å². The minimum absolute atomic E-state index is 0.122. The van der Waals surface area contributed by atoms with Gasteiger partial charge in [-0.1, -0.05) is 42.4 Å². The fourth-order valence-electron chi connectivity index (χ4n) is 3.75. The van der Waals surface area contributed by atoms with Crippen LogP contribution in [0.1, 0.15) is 40.0 Å². The van der Waals surface area contributed by atoms with Crippen molar-refractivity contribution in [2.75, 3.05) is 18.2 Å². The zero-order valence-electron chi connectivity index (χ0n) is 19.1. The van der Waals surface area contributed by atoms with Gasteiger partial charge in [-0.05, 0) is 42.9 Å². The molecular formula is C23H25ClN4O4S2. The van der Waals surface area contributed by atoms with Crippen LogP contribution in [0.25, 0.3) is 0 Å². The number of para-hydroxylation sites is 1. The Hall–Kier alpha value is -2.56. The van der Waals surface area contributed by atoms with Crippen LogP contribution >= 0.6 is 34.7 Å². The zero-order valence-corrected chi connectivity index (χ0v) is 21.5. The molecule has 1 atom stereocenters.